The van der Waals surface area contributed by atoms with Gasteiger partial charge in [0.2, 0.25) is 0 Å². The molecule has 2 atom stereocenters. The molecule has 0 heterocycles. The second-order valence-electron chi connectivity index (χ2n) is 3.52. The van der Waals surface area contributed by atoms with E-state index in [0.717, 1.165) is 6.54 Å². The third-order valence-corrected chi connectivity index (χ3v) is 2.05. The fourth-order valence-corrected chi connectivity index (χ4v) is 1.22. The van der Waals surface area contributed by atoms with Crippen molar-refractivity contribution >= 4 is 0 Å². The topological polar surface area (TPSA) is 38.0 Å². The standard InChI is InChI=1S/C11H18N2/c1-9(12)8-13-10(2)11-6-4-3-5-7-11/h3-7,9-10,13H,8,12H2,1-2H3/t9-,10-/m0/s1. The lowest BCUT2D eigenvalue weighted by Crippen LogP contribution is -2.32. The van der Waals surface area contributed by atoms with Gasteiger partial charge >= 0.3 is 0 Å². The zero-order valence-corrected chi connectivity index (χ0v) is 8.33. The van der Waals surface area contributed by atoms with Crippen LogP contribution >= 0.6 is 0 Å². The third kappa shape index (κ3) is 3.57. The van der Waals surface area contributed by atoms with Crippen LogP contribution in [0.15, 0.2) is 30.3 Å². The molecular weight excluding hydrogens is 160 g/mol. The van der Waals surface area contributed by atoms with Gasteiger partial charge in [-0.1, -0.05) is 30.3 Å². The van der Waals surface area contributed by atoms with E-state index in [1.807, 2.05) is 13.0 Å². The lowest BCUT2D eigenvalue weighted by molar-refractivity contribution is 0.534. The van der Waals surface area contributed by atoms with Crippen LogP contribution in [0.3, 0.4) is 0 Å². The summed E-state index contributed by atoms with van der Waals surface area (Å²) in [5.41, 5.74) is 6.96. The van der Waals surface area contributed by atoms with Gasteiger partial charge in [0.15, 0.2) is 0 Å². The first kappa shape index (κ1) is 10.2. The Morgan fingerprint density at radius 2 is 1.85 bits per heavy atom. The summed E-state index contributed by atoms with van der Waals surface area (Å²) >= 11 is 0. The van der Waals surface area contributed by atoms with Crippen molar-refractivity contribution in [3.05, 3.63) is 35.9 Å². The molecule has 0 aromatic heterocycles. The monoisotopic (exact) mass is 178 g/mol. The summed E-state index contributed by atoms with van der Waals surface area (Å²) < 4.78 is 0. The van der Waals surface area contributed by atoms with E-state index in [1.54, 1.807) is 0 Å². The largest absolute Gasteiger partial charge is 0.327 e. The van der Waals surface area contributed by atoms with E-state index in [4.69, 9.17) is 5.73 Å². The summed E-state index contributed by atoms with van der Waals surface area (Å²) in [4.78, 5) is 0. The summed E-state index contributed by atoms with van der Waals surface area (Å²) in [7, 11) is 0. The van der Waals surface area contributed by atoms with Crippen molar-refractivity contribution < 1.29 is 0 Å². The van der Waals surface area contributed by atoms with Gasteiger partial charge < -0.3 is 11.1 Å². The van der Waals surface area contributed by atoms with Gasteiger partial charge in [0.25, 0.3) is 0 Å². The van der Waals surface area contributed by atoms with Crippen molar-refractivity contribution in [3.8, 4) is 0 Å². The third-order valence-electron chi connectivity index (χ3n) is 2.05. The maximum atomic E-state index is 5.66. The minimum absolute atomic E-state index is 0.214. The number of nitrogens with two attached hydrogens (primary N) is 1. The molecule has 0 aliphatic carbocycles. The van der Waals surface area contributed by atoms with Gasteiger partial charge in [0.1, 0.15) is 0 Å². The highest BCUT2D eigenvalue weighted by molar-refractivity contribution is 5.17. The van der Waals surface area contributed by atoms with Gasteiger partial charge in [0.05, 0.1) is 0 Å². The van der Waals surface area contributed by atoms with E-state index in [9.17, 15) is 0 Å². The van der Waals surface area contributed by atoms with Crippen molar-refractivity contribution in [2.45, 2.75) is 25.9 Å². The van der Waals surface area contributed by atoms with Gasteiger partial charge in [0, 0.05) is 18.6 Å². The summed E-state index contributed by atoms with van der Waals surface area (Å²) in [6, 6.07) is 11.0. The first-order chi connectivity index (χ1) is 6.20. The summed E-state index contributed by atoms with van der Waals surface area (Å²) in [6.07, 6.45) is 0. The van der Waals surface area contributed by atoms with Crippen molar-refractivity contribution in [3.63, 3.8) is 0 Å². The quantitative estimate of drug-likeness (QED) is 0.736. The second-order valence-corrected chi connectivity index (χ2v) is 3.52. The summed E-state index contributed by atoms with van der Waals surface area (Å²) in [5.74, 6) is 0. The highest BCUT2D eigenvalue weighted by Gasteiger charge is 2.03. The fourth-order valence-electron chi connectivity index (χ4n) is 1.22. The number of hydrogen-bond donors (Lipinski definition) is 2. The van der Waals surface area contributed by atoms with Gasteiger partial charge in [-0.05, 0) is 19.4 Å². The number of nitrogens with one attached hydrogen (secondary N) is 1. The molecule has 72 valence electrons. The highest BCUT2D eigenvalue weighted by Crippen LogP contribution is 2.10. The lowest BCUT2D eigenvalue weighted by atomic mass is 10.1. The van der Waals surface area contributed by atoms with Gasteiger partial charge in [-0.2, -0.15) is 0 Å². The van der Waals surface area contributed by atoms with Crippen LogP contribution in [0.5, 0.6) is 0 Å². The molecule has 1 aromatic carbocycles. The molecule has 2 heteroatoms. The van der Waals surface area contributed by atoms with Crippen molar-refractivity contribution in [2.24, 2.45) is 5.73 Å². The molecule has 0 aliphatic rings. The molecule has 0 saturated heterocycles. The average molecular weight is 178 g/mol. The van der Waals surface area contributed by atoms with Crippen LogP contribution in [0.4, 0.5) is 0 Å². The van der Waals surface area contributed by atoms with Crippen LogP contribution in [0.1, 0.15) is 25.5 Å². The minimum atomic E-state index is 0.214. The zero-order chi connectivity index (χ0) is 9.68. The Morgan fingerprint density at radius 3 is 2.38 bits per heavy atom. The van der Waals surface area contributed by atoms with Crippen LogP contribution in [0.2, 0.25) is 0 Å². The van der Waals surface area contributed by atoms with Crippen LogP contribution in [-0.2, 0) is 0 Å². The Labute approximate surface area is 80.1 Å². The van der Waals surface area contributed by atoms with E-state index in [1.165, 1.54) is 5.56 Å². The average Bonchev–Trinajstić information content (AvgIpc) is 2.15. The Morgan fingerprint density at radius 1 is 1.23 bits per heavy atom. The number of benzene rings is 1. The predicted octanol–water partition coefficient (Wildman–Crippen LogP) is 1.68. The molecule has 1 aromatic rings. The lowest BCUT2D eigenvalue weighted by Gasteiger charge is -2.15. The van der Waals surface area contributed by atoms with E-state index in [-0.39, 0.29) is 6.04 Å². The zero-order valence-electron chi connectivity index (χ0n) is 8.33. The molecule has 0 bridgehead atoms. The molecule has 0 aliphatic heterocycles. The summed E-state index contributed by atoms with van der Waals surface area (Å²) in [5, 5.41) is 3.37. The fraction of sp³-hybridized carbons (Fsp3) is 0.455. The predicted molar refractivity (Wildman–Crippen MR) is 56.5 cm³/mol. The second kappa shape index (κ2) is 5.00. The molecule has 1 rings (SSSR count). The van der Waals surface area contributed by atoms with E-state index >= 15 is 0 Å². The first-order valence-electron chi connectivity index (χ1n) is 4.74. The van der Waals surface area contributed by atoms with Crippen molar-refractivity contribution in [1.29, 1.82) is 0 Å². The molecule has 0 unspecified atom stereocenters. The molecular formula is C11H18N2. The Bertz CT molecular complexity index is 231. The molecule has 0 fully saturated rings. The molecule has 0 radical (unpaired) electrons. The normalized spacial score (nSPS) is 15.3. The Hall–Kier alpha value is -0.860. The van der Waals surface area contributed by atoms with Crippen LogP contribution in [-0.4, -0.2) is 12.6 Å². The number of rotatable bonds is 4. The summed E-state index contributed by atoms with van der Waals surface area (Å²) in [6.45, 7) is 5.01. The number of hydrogen-bond acceptors (Lipinski definition) is 2. The SMILES string of the molecule is C[C@H](N)CN[C@@H](C)c1ccccc1. The minimum Gasteiger partial charge on any atom is -0.327 e. The Kier molecular flexibility index (Phi) is 3.93. The van der Waals surface area contributed by atoms with E-state index < -0.39 is 0 Å². The van der Waals surface area contributed by atoms with Gasteiger partial charge in [-0.3, -0.25) is 0 Å². The molecule has 0 saturated carbocycles. The maximum Gasteiger partial charge on any atom is 0.0292 e. The molecule has 0 spiro atoms. The van der Waals surface area contributed by atoms with E-state index in [0.29, 0.717) is 6.04 Å². The Balaban J connectivity index is 2.44. The molecule has 3 N–H and O–H groups in total. The van der Waals surface area contributed by atoms with Crippen molar-refractivity contribution in [2.75, 3.05) is 6.54 Å². The first-order valence-corrected chi connectivity index (χ1v) is 4.74. The molecule has 13 heavy (non-hydrogen) atoms. The highest BCUT2D eigenvalue weighted by atomic mass is 14.9. The van der Waals surface area contributed by atoms with E-state index in [2.05, 4.69) is 36.5 Å². The van der Waals surface area contributed by atoms with Gasteiger partial charge in [-0.15, -0.1) is 0 Å². The maximum absolute atomic E-state index is 5.66. The van der Waals surface area contributed by atoms with Crippen LogP contribution in [0, 0.1) is 0 Å². The molecule has 2 nitrogen and oxygen atoms in total. The van der Waals surface area contributed by atoms with Crippen LogP contribution < -0.4 is 11.1 Å². The van der Waals surface area contributed by atoms with Crippen LogP contribution in [0.25, 0.3) is 0 Å². The van der Waals surface area contributed by atoms with Gasteiger partial charge in [-0.25, -0.2) is 0 Å². The molecule has 0 amide bonds. The van der Waals surface area contributed by atoms with Crippen molar-refractivity contribution in [1.82, 2.24) is 5.32 Å². The smallest absolute Gasteiger partial charge is 0.0292 e.